The molecule has 0 radical (unpaired) electrons. The lowest BCUT2D eigenvalue weighted by atomic mass is 10.1. The van der Waals surface area contributed by atoms with E-state index in [0.29, 0.717) is 10.0 Å². The molecule has 0 spiro atoms. The minimum atomic E-state index is -3.90. The molecule has 0 aliphatic heterocycles. The third-order valence-corrected chi connectivity index (χ3v) is 4.56. The van der Waals surface area contributed by atoms with E-state index < -0.39 is 16.0 Å². The van der Waals surface area contributed by atoms with E-state index in [0.717, 1.165) is 0 Å². The van der Waals surface area contributed by atoms with Gasteiger partial charge in [0.05, 0.1) is 17.1 Å². The molecular formula is C12H16BrNO4S. The van der Waals surface area contributed by atoms with Crippen LogP contribution >= 0.6 is 15.9 Å². The van der Waals surface area contributed by atoms with Crippen molar-refractivity contribution < 1.29 is 17.9 Å². The lowest BCUT2D eigenvalue weighted by molar-refractivity contribution is 0.0458. The molecule has 0 aliphatic carbocycles. The summed E-state index contributed by atoms with van der Waals surface area (Å²) in [5.74, 6) is -0.354. The van der Waals surface area contributed by atoms with Gasteiger partial charge in [0.2, 0.25) is 10.0 Å². The van der Waals surface area contributed by atoms with Gasteiger partial charge in [0.15, 0.2) is 0 Å². The molecule has 106 valence electrons. The Kier molecular flexibility index (Phi) is 5.11. The zero-order valence-corrected chi connectivity index (χ0v) is 13.3. The predicted molar refractivity (Wildman–Crippen MR) is 75.4 cm³/mol. The number of primary sulfonamides is 1. The highest BCUT2D eigenvalue weighted by atomic mass is 79.9. The minimum absolute atomic E-state index is 0.121. The van der Waals surface area contributed by atoms with Crippen molar-refractivity contribution in [3.63, 3.8) is 0 Å². The number of esters is 1. The standard InChI is InChI=1S/C12H16BrNO4S/c1-7(2)6-18-12(15)9-4-8(3)11(13)10(5-9)19(14,16)17/h4-5,7H,6H2,1-3H3,(H2,14,16,17). The smallest absolute Gasteiger partial charge is 0.338 e. The fourth-order valence-electron chi connectivity index (χ4n) is 1.39. The highest BCUT2D eigenvalue weighted by molar-refractivity contribution is 9.10. The molecule has 0 aromatic heterocycles. The van der Waals surface area contributed by atoms with Crippen LogP contribution in [0.3, 0.4) is 0 Å². The van der Waals surface area contributed by atoms with Crippen LogP contribution in [0.4, 0.5) is 0 Å². The number of benzene rings is 1. The van der Waals surface area contributed by atoms with Crippen LogP contribution in [0.2, 0.25) is 0 Å². The number of carbonyl (C=O) groups is 1. The molecule has 0 saturated carbocycles. The first-order valence-corrected chi connectivity index (χ1v) is 7.97. The van der Waals surface area contributed by atoms with E-state index in [-0.39, 0.29) is 23.0 Å². The lowest BCUT2D eigenvalue weighted by Gasteiger charge is -2.10. The number of carbonyl (C=O) groups excluding carboxylic acids is 1. The van der Waals surface area contributed by atoms with Crippen molar-refractivity contribution in [3.8, 4) is 0 Å². The van der Waals surface area contributed by atoms with Gasteiger partial charge in [-0.05, 0) is 46.5 Å². The molecule has 0 fully saturated rings. The molecule has 1 aromatic rings. The van der Waals surface area contributed by atoms with E-state index in [2.05, 4.69) is 15.9 Å². The van der Waals surface area contributed by atoms with Gasteiger partial charge in [-0.3, -0.25) is 0 Å². The molecule has 1 rings (SSSR count). The van der Waals surface area contributed by atoms with E-state index in [1.54, 1.807) is 13.0 Å². The van der Waals surface area contributed by atoms with E-state index in [9.17, 15) is 13.2 Å². The highest BCUT2D eigenvalue weighted by Gasteiger charge is 2.19. The maximum Gasteiger partial charge on any atom is 0.338 e. The Morgan fingerprint density at radius 2 is 2.00 bits per heavy atom. The van der Waals surface area contributed by atoms with Gasteiger partial charge in [-0.15, -0.1) is 0 Å². The number of nitrogens with two attached hydrogens (primary N) is 1. The van der Waals surface area contributed by atoms with Crippen LogP contribution in [-0.4, -0.2) is 21.0 Å². The monoisotopic (exact) mass is 349 g/mol. The molecule has 0 aliphatic rings. The highest BCUT2D eigenvalue weighted by Crippen LogP contribution is 2.26. The number of aryl methyl sites for hydroxylation is 1. The summed E-state index contributed by atoms with van der Waals surface area (Å²) in [6, 6.07) is 2.77. The van der Waals surface area contributed by atoms with Crippen LogP contribution in [0.25, 0.3) is 0 Å². The summed E-state index contributed by atoms with van der Waals surface area (Å²) in [6.07, 6.45) is 0. The SMILES string of the molecule is Cc1cc(C(=O)OCC(C)C)cc(S(N)(=O)=O)c1Br. The summed E-state index contributed by atoms with van der Waals surface area (Å²) >= 11 is 3.15. The average Bonchev–Trinajstić information content (AvgIpc) is 2.27. The van der Waals surface area contributed by atoms with Crippen LogP contribution in [0, 0.1) is 12.8 Å². The number of ether oxygens (including phenoxy) is 1. The average molecular weight is 350 g/mol. The Morgan fingerprint density at radius 3 is 2.47 bits per heavy atom. The molecule has 0 unspecified atom stereocenters. The number of halogens is 1. The van der Waals surface area contributed by atoms with Crippen molar-refractivity contribution >= 4 is 31.9 Å². The van der Waals surface area contributed by atoms with Crippen molar-refractivity contribution in [2.24, 2.45) is 11.1 Å². The fourth-order valence-corrected chi connectivity index (χ4v) is 3.00. The molecule has 0 bridgehead atoms. The van der Waals surface area contributed by atoms with Crippen LogP contribution in [0.15, 0.2) is 21.5 Å². The zero-order valence-electron chi connectivity index (χ0n) is 10.9. The number of sulfonamides is 1. The zero-order chi connectivity index (χ0) is 14.8. The van der Waals surface area contributed by atoms with Gasteiger partial charge in [0.25, 0.3) is 0 Å². The second-order valence-electron chi connectivity index (χ2n) is 4.64. The Hall–Kier alpha value is -0.920. The Bertz CT molecular complexity index is 596. The van der Waals surface area contributed by atoms with Gasteiger partial charge in [-0.25, -0.2) is 18.4 Å². The topological polar surface area (TPSA) is 86.5 Å². The third kappa shape index (κ3) is 4.29. The predicted octanol–water partition coefficient (Wildman–Crippen LogP) is 2.22. The van der Waals surface area contributed by atoms with E-state index in [4.69, 9.17) is 9.88 Å². The van der Waals surface area contributed by atoms with Gasteiger partial charge in [0, 0.05) is 4.47 Å². The lowest BCUT2D eigenvalue weighted by Crippen LogP contribution is -2.16. The molecule has 2 N–H and O–H groups in total. The summed E-state index contributed by atoms with van der Waals surface area (Å²) in [5.41, 5.74) is 0.772. The molecular weight excluding hydrogens is 334 g/mol. The summed E-state index contributed by atoms with van der Waals surface area (Å²) in [5, 5.41) is 5.11. The molecule has 1 aromatic carbocycles. The normalized spacial score (nSPS) is 11.7. The summed E-state index contributed by atoms with van der Waals surface area (Å²) < 4.78 is 28.3. The summed E-state index contributed by atoms with van der Waals surface area (Å²) in [7, 11) is -3.90. The first-order chi connectivity index (χ1) is 8.62. The molecule has 19 heavy (non-hydrogen) atoms. The van der Waals surface area contributed by atoms with Crippen LogP contribution < -0.4 is 5.14 Å². The summed E-state index contributed by atoms with van der Waals surface area (Å²) in [6.45, 7) is 5.78. The van der Waals surface area contributed by atoms with Crippen molar-refractivity contribution in [3.05, 3.63) is 27.7 Å². The van der Waals surface area contributed by atoms with Gasteiger partial charge in [-0.1, -0.05) is 13.8 Å². The van der Waals surface area contributed by atoms with Crippen LogP contribution in [0.5, 0.6) is 0 Å². The maximum atomic E-state index is 11.8. The molecule has 5 nitrogen and oxygen atoms in total. The van der Waals surface area contributed by atoms with Crippen molar-refractivity contribution in [1.29, 1.82) is 0 Å². The van der Waals surface area contributed by atoms with Crippen LogP contribution in [-0.2, 0) is 14.8 Å². The third-order valence-electron chi connectivity index (χ3n) is 2.31. The first-order valence-electron chi connectivity index (χ1n) is 5.63. The number of hydrogen-bond donors (Lipinski definition) is 1. The van der Waals surface area contributed by atoms with Crippen LogP contribution in [0.1, 0.15) is 29.8 Å². The molecule has 0 amide bonds. The van der Waals surface area contributed by atoms with E-state index in [1.165, 1.54) is 6.07 Å². The Labute approximate surface area is 121 Å². The van der Waals surface area contributed by atoms with Gasteiger partial charge in [0.1, 0.15) is 0 Å². The van der Waals surface area contributed by atoms with Crippen molar-refractivity contribution in [2.75, 3.05) is 6.61 Å². The van der Waals surface area contributed by atoms with Gasteiger partial charge < -0.3 is 4.74 Å². The summed E-state index contributed by atoms with van der Waals surface area (Å²) in [4.78, 5) is 11.7. The second kappa shape index (κ2) is 6.02. The van der Waals surface area contributed by atoms with Crippen molar-refractivity contribution in [2.45, 2.75) is 25.7 Å². The number of hydrogen-bond acceptors (Lipinski definition) is 4. The quantitative estimate of drug-likeness (QED) is 0.844. The van der Waals surface area contributed by atoms with Crippen molar-refractivity contribution in [1.82, 2.24) is 0 Å². The molecule has 0 saturated heterocycles. The maximum absolute atomic E-state index is 11.8. The van der Waals surface area contributed by atoms with Gasteiger partial charge >= 0.3 is 5.97 Å². The van der Waals surface area contributed by atoms with E-state index in [1.807, 2.05) is 13.8 Å². The van der Waals surface area contributed by atoms with E-state index >= 15 is 0 Å². The molecule has 7 heteroatoms. The number of rotatable bonds is 4. The second-order valence-corrected chi connectivity index (χ2v) is 6.97. The fraction of sp³-hybridized carbons (Fsp3) is 0.417. The Balaban J connectivity index is 3.18. The van der Waals surface area contributed by atoms with Gasteiger partial charge in [-0.2, -0.15) is 0 Å². The molecule has 0 atom stereocenters. The minimum Gasteiger partial charge on any atom is -0.462 e. The molecule has 0 heterocycles. The Morgan fingerprint density at radius 1 is 1.42 bits per heavy atom. The largest absolute Gasteiger partial charge is 0.462 e. The first kappa shape index (κ1) is 16.1.